The Bertz CT molecular complexity index is 534. The highest BCUT2D eigenvalue weighted by Gasteiger charge is 2.23. The van der Waals surface area contributed by atoms with E-state index in [9.17, 15) is 9.90 Å². The van der Waals surface area contributed by atoms with Gasteiger partial charge >= 0.3 is 5.97 Å². The summed E-state index contributed by atoms with van der Waals surface area (Å²) in [4.78, 5) is 11.2. The van der Waals surface area contributed by atoms with Crippen LogP contribution < -0.4 is 9.47 Å². The van der Waals surface area contributed by atoms with E-state index in [-0.39, 0.29) is 6.10 Å². The lowest BCUT2D eigenvalue weighted by atomic mass is 10.1. The molecule has 2 aromatic rings. The minimum absolute atomic E-state index is 0.106. The van der Waals surface area contributed by atoms with Gasteiger partial charge in [0.2, 0.25) is 0 Å². The highest BCUT2D eigenvalue weighted by molar-refractivity contribution is 5.86. The van der Waals surface area contributed by atoms with Gasteiger partial charge in [0.1, 0.15) is 11.5 Å². The van der Waals surface area contributed by atoms with Gasteiger partial charge in [0, 0.05) is 5.56 Å². The summed E-state index contributed by atoms with van der Waals surface area (Å²) in [7, 11) is 1.56. The quantitative estimate of drug-likeness (QED) is 0.894. The topological polar surface area (TPSA) is 55.8 Å². The van der Waals surface area contributed by atoms with Crippen molar-refractivity contribution in [1.29, 1.82) is 0 Å². The number of hydrogen-bond donors (Lipinski definition) is 1. The van der Waals surface area contributed by atoms with E-state index in [1.54, 1.807) is 55.6 Å². The zero-order chi connectivity index (χ0) is 13.7. The lowest BCUT2D eigenvalue weighted by Gasteiger charge is -2.13. The van der Waals surface area contributed by atoms with Crippen LogP contribution in [0.4, 0.5) is 0 Å². The second-order valence-electron chi connectivity index (χ2n) is 3.78. The third-order valence-corrected chi connectivity index (χ3v) is 2.51. The van der Waals surface area contributed by atoms with Gasteiger partial charge in [0.15, 0.2) is 0 Å². The van der Waals surface area contributed by atoms with E-state index < -0.39 is 5.97 Å². The van der Waals surface area contributed by atoms with Gasteiger partial charge in [-0.15, -0.1) is 0 Å². The van der Waals surface area contributed by atoms with Crippen LogP contribution >= 0.6 is 0 Å². The molecule has 0 fully saturated rings. The van der Waals surface area contributed by atoms with Crippen molar-refractivity contribution in [1.82, 2.24) is 0 Å². The molecule has 0 bridgehead atoms. The third kappa shape index (κ3) is 3.25. The van der Waals surface area contributed by atoms with Gasteiger partial charge in [-0.25, -0.2) is 4.79 Å². The Morgan fingerprint density at radius 2 is 1.53 bits per heavy atom. The molecule has 19 heavy (non-hydrogen) atoms. The summed E-state index contributed by atoms with van der Waals surface area (Å²) >= 11 is 0. The zero-order valence-electron chi connectivity index (χ0n) is 10.4. The molecule has 0 aliphatic carbocycles. The zero-order valence-corrected chi connectivity index (χ0v) is 10.4. The van der Waals surface area contributed by atoms with Crippen LogP contribution in [0.5, 0.6) is 11.5 Å². The van der Waals surface area contributed by atoms with Crippen molar-refractivity contribution in [2.45, 2.75) is 0 Å². The minimum Gasteiger partial charge on any atom is -0.497 e. The van der Waals surface area contributed by atoms with Crippen LogP contribution in [0.2, 0.25) is 0 Å². The molecule has 4 nitrogen and oxygen atoms in total. The Hall–Kier alpha value is -2.49. The molecule has 0 amide bonds. The van der Waals surface area contributed by atoms with Gasteiger partial charge in [-0.05, 0) is 24.3 Å². The molecule has 1 radical (unpaired) electrons. The molecule has 0 spiro atoms. The van der Waals surface area contributed by atoms with Crippen molar-refractivity contribution < 1.29 is 19.4 Å². The van der Waals surface area contributed by atoms with E-state index in [0.29, 0.717) is 17.1 Å². The van der Waals surface area contributed by atoms with E-state index in [4.69, 9.17) is 9.47 Å². The van der Waals surface area contributed by atoms with Crippen molar-refractivity contribution in [2.24, 2.45) is 0 Å². The lowest BCUT2D eigenvalue weighted by molar-refractivity contribution is -0.137. The molecular weight excluding hydrogens is 244 g/mol. The second-order valence-corrected chi connectivity index (χ2v) is 3.78. The average molecular weight is 257 g/mol. The maximum Gasteiger partial charge on any atom is 0.358 e. The molecule has 4 heteroatoms. The summed E-state index contributed by atoms with van der Waals surface area (Å²) in [6.45, 7) is 0. The molecule has 0 atom stereocenters. The molecule has 0 heterocycles. The summed E-state index contributed by atoms with van der Waals surface area (Å²) < 4.78 is 10.5. The van der Waals surface area contributed by atoms with E-state index in [1.807, 2.05) is 6.07 Å². The van der Waals surface area contributed by atoms with Crippen LogP contribution in [-0.2, 0) is 4.79 Å². The predicted octanol–water partition coefficient (Wildman–Crippen LogP) is 2.74. The number of ether oxygens (including phenoxy) is 2. The summed E-state index contributed by atoms with van der Waals surface area (Å²) in [6.07, 6.45) is -0.106. The third-order valence-electron chi connectivity index (χ3n) is 2.51. The highest BCUT2D eigenvalue weighted by Crippen LogP contribution is 2.23. The van der Waals surface area contributed by atoms with E-state index >= 15 is 0 Å². The number of rotatable bonds is 5. The standard InChI is InChI=1S/C15H13O4/c1-18-12-7-9-13(10-8-12)19-14(15(16)17)11-5-3-2-4-6-11/h2-10H,1H3,(H,16,17). The average Bonchev–Trinajstić information content (AvgIpc) is 2.46. The van der Waals surface area contributed by atoms with Crippen LogP contribution in [0.3, 0.4) is 0 Å². The summed E-state index contributed by atoms with van der Waals surface area (Å²) in [5.41, 5.74) is 0.519. The Morgan fingerprint density at radius 1 is 0.947 bits per heavy atom. The fourth-order valence-electron chi connectivity index (χ4n) is 1.58. The van der Waals surface area contributed by atoms with Crippen LogP contribution in [0.1, 0.15) is 5.56 Å². The number of carboxylic acid groups (broad SMARTS) is 1. The molecule has 0 saturated carbocycles. The fourth-order valence-corrected chi connectivity index (χ4v) is 1.58. The molecule has 2 rings (SSSR count). The predicted molar refractivity (Wildman–Crippen MR) is 70.0 cm³/mol. The first-order chi connectivity index (χ1) is 9.20. The van der Waals surface area contributed by atoms with Gasteiger partial charge < -0.3 is 14.6 Å². The van der Waals surface area contributed by atoms with Crippen molar-refractivity contribution in [2.75, 3.05) is 7.11 Å². The molecule has 0 aliphatic heterocycles. The highest BCUT2D eigenvalue weighted by atomic mass is 16.5. The first-order valence-corrected chi connectivity index (χ1v) is 5.68. The maximum atomic E-state index is 11.2. The molecule has 2 aromatic carbocycles. The molecular formula is C15H13O4. The van der Waals surface area contributed by atoms with Crippen molar-refractivity contribution in [3.8, 4) is 11.5 Å². The molecule has 0 unspecified atom stereocenters. The molecule has 97 valence electrons. The fraction of sp³-hybridized carbons (Fsp3) is 0.0667. The minimum atomic E-state index is -1.11. The molecule has 0 saturated heterocycles. The van der Waals surface area contributed by atoms with Gasteiger partial charge in [0.05, 0.1) is 7.11 Å². The molecule has 0 aromatic heterocycles. The smallest absolute Gasteiger partial charge is 0.358 e. The number of carbonyl (C=O) groups is 1. The molecule has 1 N–H and O–H groups in total. The van der Waals surface area contributed by atoms with Gasteiger partial charge in [-0.1, -0.05) is 30.3 Å². The van der Waals surface area contributed by atoms with Crippen LogP contribution in [0.25, 0.3) is 0 Å². The van der Waals surface area contributed by atoms with E-state index in [0.717, 1.165) is 0 Å². The normalized spacial score (nSPS) is 10.2. The Balaban J connectivity index is 2.19. The van der Waals surface area contributed by atoms with Crippen LogP contribution in [-0.4, -0.2) is 18.2 Å². The summed E-state index contributed by atoms with van der Waals surface area (Å²) in [5, 5.41) is 9.20. The summed E-state index contributed by atoms with van der Waals surface area (Å²) in [6, 6.07) is 15.4. The number of aliphatic carboxylic acids is 1. The van der Waals surface area contributed by atoms with E-state index in [1.165, 1.54) is 0 Å². The first kappa shape index (κ1) is 13.0. The lowest BCUT2D eigenvalue weighted by Crippen LogP contribution is -2.19. The van der Waals surface area contributed by atoms with E-state index in [2.05, 4.69) is 0 Å². The summed E-state index contributed by atoms with van der Waals surface area (Å²) in [5.74, 6) is 0.0213. The number of hydrogen-bond acceptors (Lipinski definition) is 3. The maximum absolute atomic E-state index is 11.2. The van der Waals surface area contributed by atoms with Gasteiger partial charge in [0.25, 0.3) is 6.10 Å². The number of carboxylic acids is 1. The molecule has 0 aliphatic rings. The SMILES string of the molecule is COc1ccc(O[C](C(=O)O)c2ccccc2)cc1. The largest absolute Gasteiger partial charge is 0.497 e. The van der Waals surface area contributed by atoms with Crippen LogP contribution in [0, 0.1) is 6.10 Å². The van der Waals surface area contributed by atoms with Gasteiger partial charge in [-0.3, -0.25) is 0 Å². The second kappa shape index (κ2) is 5.91. The Labute approximate surface area is 111 Å². The monoisotopic (exact) mass is 257 g/mol. The Morgan fingerprint density at radius 3 is 2.05 bits per heavy atom. The van der Waals surface area contributed by atoms with Crippen LogP contribution in [0.15, 0.2) is 54.6 Å². The van der Waals surface area contributed by atoms with Crippen molar-refractivity contribution in [3.63, 3.8) is 0 Å². The number of methoxy groups -OCH3 is 1. The number of benzene rings is 2. The first-order valence-electron chi connectivity index (χ1n) is 5.68. The van der Waals surface area contributed by atoms with Gasteiger partial charge in [-0.2, -0.15) is 0 Å². The Kier molecular flexibility index (Phi) is 4.03. The van der Waals surface area contributed by atoms with Crippen molar-refractivity contribution >= 4 is 5.97 Å². The van der Waals surface area contributed by atoms with Crippen molar-refractivity contribution in [3.05, 3.63) is 66.3 Å².